The van der Waals surface area contributed by atoms with E-state index in [1.165, 1.54) is 6.07 Å². The molecule has 0 fully saturated rings. The lowest BCUT2D eigenvalue weighted by atomic mass is 10.2. The predicted molar refractivity (Wildman–Crippen MR) is 74.7 cm³/mol. The molecular weight excluding hydrogens is 256 g/mol. The molecule has 20 heavy (non-hydrogen) atoms. The Bertz CT molecular complexity index is 599. The summed E-state index contributed by atoms with van der Waals surface area (Å²) in [6.45, 7) is 1.13. The summed E-state index contributed by atoms with van der Waals surface area (Å²) in [5, 5.41) is 12.1. The zero-order valence-corrected chi connectivity index (χ0v) is 11.2. The van der Waals surface area contributed by atoms with Crippen LogP contribution in [0, 0.1) is 0 Å². The number of aromatic nitrogens is 1. The van der Waals surface area contributed by atoms with Gasteiger partial charge in [0.1, 0.15) is 11.4 Å². The molecular formula is C15H16N2O3. The second kappa shape index (κ2) is 6.68. The third kappa shape index (κ3) is 3.55. The normalized spacial score (nSPS) is 10.2. The van der Waals surface area contributed by atoms with Crippen molar-refractivity contribution in [1.29, 1.82) is 0 Å². The van der Waals surface area contributed by atoms with Gasteiger partial charge >= 0.3 is 5.97 Å². The summed E-state index contributed by atoms with van der Waals surface area (Å²) in [5.41, 5.74) is 1.80. The third-order valence-corrected chi connectivity index (χ3v) is 2.84. The second-order valence-electron chi connectivity index (χ2n) is 4.23. The summed E-state index contributed by atoms with van der Waals surface area (Å²) in [6, 6.07) is 12.7. The fourth-order valence-electron chi connectivity index (χ4n) is 1.87. The summed E-state index contributed by atoms with van der Waals surface area (Å²) in [5.74, 6) is -0.191. The maximum atomic E-state index is 10.8. The molecule has 0 aliphatic carbocycles. The quantitative estimate of drug-likeness (QED) is 0.842. The summed E-state index contributed by atoms with van der Waals surface area (Å²) in [4.78, 5) is 14.9. The molecule has 0 unspecified atom stereocenters. The highest BCUT2D eigenvalue weighted by molar-refractivity contribution is 5.85. The van der Waals surface area contributed by atoms with E-state index in [9.17, 15) is 4.79 Å². The first kappa shape index (κ1) is 14.0. The molecule has 0 aliphatic rings. The van der Waals surface area contributed by atoms with Crippen molar-refractivity contribution in [1.82, 2.24) is 10.3 Å². The van der Waals surface area contributed by atoms with Gasteiger partial charge in [-0.15, -0.1) is 0 Å². The Morgan fingerprint density at radius 1 is 1.20 bits per heavy atom. The van der Waals surface area contributed by atoms with Crippen LogP contribution in [0.3, 0.4) is 0 Å². The van der Waals surface area contributed by atoms with E-state index in [0.29, 0.717) is 18.8 Å². The number of carboxylic acids is 1. The van der Waals surface area contributed by atoms with Gasteiger partial charge in [-0.2, -0.15) is 0 Å². The number of carboxylic acid groups (broad SMARTS) is 1. The van der Waals surface area contributed by atoms with Crippen LogP contribution in [-0.4, -0.2) is 23.2 Å². The number of hydrogen-bond acceptors (Lipinski definition) is 4. The van der Waals surface area contributed by atoms with Crippen molar-refractivity contribution >= 4 is 5.97 Å². The van der Waals surface area contributed by atoms with Crippen LogP contribution >= 0.6 is 0 Å². The maximum absolute atomic E-state index is 10.8. The highest BCUT2D eigenvalue weighted by atomic mass is 16.5. The fourth-order valence-corrected chi connectivity index (χ4v) is 1.87. The topological polar surface area (TPSA) is 71.5 Å². The average Bonchev–Trinajstić information content (AvgIpc) is 2.48. The largest absolute Gasteiger partial charge is 0.496 e. The lowest BCUT2D eigenvalue weighted by Crippen LogP contribution is -2.15. The van der Waals surface area contributed by atoms with Crippen molar-refractivity contribution in [3.8, 4) is 5.75 Å². The second-order valence-corrected chi connectivity index (χ2v) is 4.23. The highest BCUT2D eigenvalue weighted by Gasteiger charge is 2.05. The van der Waals surface area contributed by atoms with E-state index in [4.69, 9.17) is 9.84 Å². The molecule has 0 atom stereocenters. The van der Waals surface area contributed by atoms with E-state index < -0.39 is 5.97 Å². The number of nitrogens with zero attached hydrogens (tertiary/aromatic N) is 1. The minimum Gasteiger partial charge on any atom is -0.496 e. The number of rotatable bonds is 6. The molecule has 0 bridgehead atoms. The van der Waals surface area contributed by atoms with Gasteiger partial charge in [-0.25, -0.2) is 9.78 Å². The molecule has 5 heteroatoms. The molecule has 5 nitrogen and oxygen atoms in total. The van der Waals surface area contributed by atoms with Gasteiger partial charge in [0.05, 0.1) is 12.8 Å². The summed E-state index contributed by atoms with van der Waals surface area (Å²) < 4.78 is 5.27. The molecule has 0 spiro atoms. The lowest BCUT2D eigenvalue weighted by molar-refractivity contribution is 0.0690. The number of para-hydroxylation sites is 1. The van der Waals surface area contributed by atoms with Crippen LogP contribution in [-0.2, 0) is 13.1 Å². The summed E-state index contributed by atoms with van der Waals surface area (Å²) in [6.07, 6.45) is 0. The predicted octanol–water partition coefficient (Wildman–Crippen LogP) is 2.08. The van der Waals surface area contributed by atoms with Crippen molar-refractivity contribution in [2.24, 2.45) is 0 Å². The van der Waals surface area contributed by atoms with E-state index in [2.05, 4.69) is 10.3 Å². The molecule has 2 rings (SSSR count). The van der Waals surface area contributed by atoms with E-state index in [1.807, 2.05) is 24.3 Å². The molecule has 1 heterocycles. The Labute approximate surface area is 117 Å². The first-order valence-electron chi connectivity index (χ1n) is 6.22. The maximum Gasteiger partial charge on any atom is 0.354 e. The molecule has 1 aromatic carbocycles. The summed E-state index contributed by atoms with van der Waals surface area (Å²) >= 11 is 0. The van der Waals surface area contributed by atoms with Gasteiger partial charge in [-0.3, -0.25) is 0 Å². The van der Waals surface area contributed by atoms with Crippen LogP contribution in [0.2, 0.25) is 0 Å². The minimum atomic E-state index is -1.02. The minimum absolute atomic E-state index is 0.0570. The molecule has 2 aromatic rings. The molecule has 0 radical (unpaired) electrons. The average molecular weight is 272 g/mol. The van der Waals surface area contributed by atoms with Crippen molar-refractivity contribution in [2.45, 2.75) is 13.1 Å². The van der Waals surface area contributed by atoms with Crippen LogP contribution in [0.5, 0.6) is 5.75 Å². The number of carbonyl (C=O) groups is 1. The van der Waals surface area contributed by atoms with E-state index in [1.54, 1.807) is 19.2 Å². The van der Waals surface area contributed by atoms with Crippen LogP contribution in [0.25, 0.3) is 0 Å². The van der Waals surface area contributed by atoms with Crippen molar-refractivity contribution < 1.29 is 14.6 Å². The van der Waals surface area contributed by atoms with E-state index in [0.717, 1.165) is 11.3 Å². The Kier molecular flexibility index (Phi) is 4.68. The SMILES string of the molecule is COc1ccccc1CNCc1cccc(C(=O)O)n1. The molecule has 0 saturated carbocycles. The first-order chi connectivity index (χ1) is 9.70. The molecule has 1 aromatic heterocycles. The molecule has 0 saturated heterocycles. The Morgan fingerprint density at radius 3 is 2.75 bits per heavy atom. The lowest BCUT2D eigenvalue weighted by Gasteiger charge is -2.09. The molecule has 104 valence electrons. The third-order valence-electron chi connectivity index (χ3n) is 2.84. The Hall–Kier alpha value is -2.40. The molecule has 2 N–H and O–H groups in total. The zero-order valence-electron chi connectivity index (χ0n) is 11.2. The van der Waals surface area contributed by atoms with Gasteiger partial charge < -0.3 is 15.2 Å². The highest BCUT2D eigenvalue weighted by Crippen LogP contribution is 2.16. The monoisotopic (exact) mass is 272 g/mol. The van der Waals surface area contributed by atoms with Gasteiger partial charge in [0.2, 0.25) is 0 Å². The number of ether oxygens (including phenoxy) is 1. The van der Waals surface area contributed by atoms with Crippen LogP contribution in [0.1, 0.15) is 21.7 Å². The first-order valence-corrected chi connectivity index (χ1v) is 6.22. The van der Waals surface area contributed by atoms with Crippen LogP contribution in [0.4, 0.5) is 0 Å². The van der Waals surface area contributed by atoms with Gasteiger partial charge in [-0.1, -0.05) is 24.3 Å². The van der Waals surface area contributed by atoms with Gasteiger partial charge in [-0.05, 0) is 18.2 Å². The Morgan fingerprint density at radius 2 is 2.00 bits per heavy atom. The van der Waals surface area contributed by atoms with Crippen molar-refractivity contribution in [3.63, 3.8) is 0 Å². The number of hydrogen-bond donors (Lipinski definition) is 2. The fraction of sp³-hybridized carbons (Fsp3) is 0.200. The number of aromatic carboxylic acids is 1. The summed E-state index contributed by atoms with van der Waals surface area (Å²) in [7, 11) is 1.64. The van der Waals surface area contributed by atoms with Gasteiger partial charge in [0.25, 0.3) is 0 Å². The van der Waals surface area contributed by atoms with E-state index >= 15 is 0 Å². The van der Waals surface area contributed by atoms with Crippen molar-refractivity contribution in [2.75, 3.05) is 7.11 Å². The van der Waals surface area contributed by atoms with E-state index in [-0.39, 0.29) is 5.69 Å². The van der Waals surface area contributed by atoms with Crippen molar-refractivity contribution in [3.05, 3.63) is 59.4 Å². The molecule has 0 aliphatic heterocycles. The molecule has 0 amide bonds. The number of pyridine rings is 1. The number of methoxy groups -OCH3 is 1. The van der Waals surface area contributed by atoms with Gasteiger partial charge in [0, 0.05) is 18.7 Å². The number of benzene rings is 1. The smallest absolute Gasteiger partial charge is 0.354 e. The van der Waals surface area contributed by atoms with Crippen LogP contribution in [0.15, 0.2) is 42.5 Å². The zero-order chi connectivity index (χ0) is 14.4. The number of nitrogens with one attached hydrogen (secondary N) is 1. The van der Waals surface area contributed by atoms with Gasteiger partial charge in [0.15, 0.2) is 0 Å². The standard InChI is InChI=1S/C15H16N2O3/c1-20-14-8-3-2-5-11(14)9-16-10-12-6-4-7-13(17-12)15(18)19/h2-8,16H,9-10H2,1H3,(H,18,19). The van der Waals surface area contributed by atoms with Crippen LogP contribution < -0.4 is 10.1 Å². The Balaban J connectivity index is 1.96.